The van der Waals surface area contributed by atoms with Gasteiger partial charge in [-0.05, 0) is 131 Å². The number of anilines is 3. The standard InChI is InChI=1S/C64H47N/c1-63(2)59-29-13-14-30-61(59)64(57-27-11-9-25-55(57)56-26-10-12-28-58(56)64)62-43-51(37-40-60(62)63)50-22-16-24-54(42-50)65(52-38-35-47(36-39-52)45-19-7-4-8-20-45)53-23-15-21-49(41-53)48-33-31-46(32-34-48)44-17-5-3-6-18-44/h3-43H,1-2H3. The van der Waals surface area contributed by atoms with E-state index >= 15 is 0 Å². The average molecular weight is 830 g/mol. The van der Waals surface area contributed by atoms with Gasteiger partial charge in [0.15, 0.2) is 0 Å². The molecule has 0 bridgehead atoms. The molecule has 0 aliphatic heterocycles. The molecule has 0 amide bonds. The van der Waals surface area contributed by atoms with Crippen molar-refractivity contribution in [1.29, 1.82) is 0 Å². The van der Waals surface area contributed by atoms with Gasteiger partial charge < -0.3 is 4.90 Å². The molecular formula is C64H47N. The molecule has 65 heavy (non-hydrogen) atoms. The van der Waals surface area contributed by atoms with E-state index in [4.69, 9.17) is 0 Å². The molecule has 308 valence electrons. The normalized spacial score (nSPS) is 13.6. The Balaban J connectivity index is 1.01. The number of rotatable bonds is 7. The Labute approximate surface area is 382 Å². The van der Waals surface area contributed by atoms with Crippen molar-refractivity contribution in [2.75, 3.05) is 4.90 Å². The van der Waals surface area contributed by atoms with Crippen LogP contribution in [-0.4, -0.2) is 0 Å². The van der Waals surface area contributed by atoms with E-state index < -0.39 is 5.41 Å². The molecular weight excluding hydrogens is 783 g/mol. The van der Waals surface area contributed by atoms with Gasteiger partial charge in [-0.25, -0.2) is 0 Å². The topological polar surface area (TPSA) is 3.24 Å². The van der Waals surface area contributed by atoms with E-state index in [2.05, 4.69) is 267 Å². The van der Waals surface area contributed by atoms with Crippen molar-refractivity contribution in [2.45, 2.75) is 24.7 Å². The Morgan fingerprint density at radius 1 is 0.246 bits per heavy atom. The third-order valence-corrected chi connectivity index (χ3v) is 14.2. The molecule has 2 aliphatic carbocycles. The number of nitrogens with zero attached hydrogens (tertiary/aromatic N) is 1. The Hall–Kier alpha value is -8.00. The van der Waals surface area contributed by atoms with Crippen LogP contribution in [0.3, 0.4) is 0 Å². The lowest BCUT2D eigenvalue weighted by molar-refractivity contribution is 0.563. The molecule has 0 N–H and O–H groups in total. The fourth-order valence-electron chi connectivity index (χ4n) is 11.1. The summed E-state index contributed by atoms with van der Waals surface area (Å²) in [7, 11) is 0. The van der Waals surface area contributed by atoms with Crippen LogP contribution < -0.4 is 4.90 Å². The maximum absolute atomic E-state index is 2.52. The maximum Gasteiger partial charge on any atom is 0.0719 e. The van der Waals surface area contributed by atoms with Gasteiger partial charge in [-0.15, -0.1) is 0 Å². The molecule has 0 aromatic heterocycles. The summed E-state index contributed by atoms with van der Waals surface area (Å²) in [5.41, 5.74) is 23.1. The van der Waals surface area contributed by atoms with E-state index in [1.165, 1.54) is 89.0 Å². The number of benzene rings is 10. The minimum absolute atomic E-state index is 0.195. The molecule has 10 aromatic carbocycles. The van der Waals surface area contributed by atoms with E-state index in [-0.39, 0.29) is 5.41 Å². The number of fused-ring (bicyclic) bond motifs is 9. The first-order valence-corrected chi connectivity index (χ1v) is 22.7. The van der Waals surface area contributed by atoms with Gasteiger partial charge in [-0.2, -0.15) is 0 Å². The lowest BCUT2D eigenvalue weighted by Crippen LogP contribution is -2.40. The second-order valence-corrected chi connectivity index (χ2v) is 18.1. The molecule has 12 rings (SSSR count). The van der Waals surface area contributed by atoms with Gasteiger partial charge in [0.05, 0.1) is 5.41 Å². The third kappa shape index (κ3) is 6.22. The highest BCUT2D eigenvalue weighted by Crippen LogP contribution is 2.62. The highest BCUT2D eigenvalue weighted by atomic mass is 15.1. The summed E-state index contributed by atoms with van der Waals surface area (Å²) in [6.45, 7) is 4.80. The smallest absolute Gasteiger partial charge is 0.0719 e. The zero-order chi connectivity index (χ0) is 43.5. The van der Waals surface area contributed by atoms with E-state index in [9.17, 15) is 0 Å². The molecule has 2 aliphatic rings. The van der Waals surface area contributed by atoms with Crippen molar-refractivity contribution in [3.8, 4) is 55.6 Å². The quantitative estimate of drug-likeness (QED) is 0.155. The molecule has 0 atom stereocenters. The Morgan fingerprint density at radius 3 is 1.17 bits per heavy atom. The molecule has 0 saturated heterocycles. The van der Waals surface area contributed by atoms with Gasteiger partial charge in [-0.1, -0.05) is 220 Å². The Kier molecular flexibility index (Phi) is 9.14. The van der Waals surface area contributed by atoms with Crippen molar-refractivity contribution in [2.24, 2.45) is 0 Å². The van der Waals surface area contributed by atoms with Crippen LogP contribution in [0.15, 0.2) is 249 Å². The molecule has 0 saturated carbocycles. The summed E-state index contributed by atoms with van der Waals surface area (Å²) in [5, 5.41) is 0. The van der Waals surface area contributed by atoms with Crippen molar-refractivity contribution in [1.82, 2.24) is 0 Å². The van der Waals surface area contributed by atoms with Crippen LogP contribution in [0.5, 0.6) is 0 Å². The SMILES string of the molecule is CC1(C)c2ccccc2C2(c3ccccc3-c3ccccc32)c2cc(-c3cccc(N(c4ccc(-c5ccccc5)cc4)c4cccc(-c5ccc(-c6ccccc6)cc5)c4)c3)ccc21. The van der Waals surface area contributed by atoms with Gasteiger partial charge in [0.2, 0.25) is 0 Å². The first-order chi connectivity index (χ1) is 32.0. The minimum atomic E-state index is -0.450. The van der Waals surface area contributed by atoms with Crippen LogP contribution in [0.4, 0.5) is 17.1 Å². The largest absolute Gasteiger partial charge is 0.310 e. The van der Waals surface area contributed by atoms with Gasteiger partial charge in [0.1, 0.15) is 0 Å². The van der Waals surface area contributed by atoms with Crippen LogP contribution in [0, 0.1) is 0 Å². The monoisotopic (exact) mass is 829 g/mol. The van der Waals surface area contributed by atoms with Crippen molar-refractivity contribution in [3.63, 3.8) is 0 Å². The summed E-state index contributed by atoms with van der Waals surface area (Å²) < 4.78 is 0. The summed E-state index contributed by atoms with van der Waals surface area (Å²) in [5.74, 6) is 0. The van der Waals surface area contributed by atoms with Gasteiger partial charge in [0, 0.05) is 22.5 Å². The fourth-order valence-corrected chi connectivity index (χ4v) is 11.1. The zero-order valence-electron chi connectivity index (χ0n) is 36.6. The highest BCUT2D eigenvalue weighted by Gasteiger charge is 2.53. The van der Waals surface area contributed by atoms with E-state index in [1.54, 1.807) is 0 Å². The Bertz CT molecular complexity index is 3330. The van der Waals surface area contributed by atoms with E-state index in [1.807, 2.05) is 0 Å². The predicted octanol–water partition coefficient (Wildman–Crippen LogP) is 16.8. The molecule has 1 heteroatoms. The zero-order valence-corrected chi connectivity index (χ0v) is 36.6. The molecule has 0 unspecified atom stereocenters. The molecule has 1 nitrogen and oxygen atoms in total. The molecule has 1 spiro atoms. The second kappa shape index (κ2) is 15.4. The lowest BCUT2D eigenvalue weighted by Gasteiger charge is -2.47. The Morgan fingerprint density at radius 2 is 0.615 bits per heavy atom. The van der Waals surface area contributed by atoms with Gasteiger partial charge >= 0.3 is 0 Å². The van der Waals surface area contributed by atoms with Crippen LogP contribution in [0.1, 0.15) is 47.2 Å². The van der Waals surface area contributed by atoms with Gasteiger partial charge in [0.25, 0.3) is 0 Å². The summed E-state index contributed by atoms with van der Waals surface area (Å²) in [6.07, 6.45) is 0. The van der Waals surface area contributed by atoms with Crippen LogP contribution in [0.2, 0.25) is 0 Å². The highest BCUT2D eigenvalue weighted by molar-refractivity contribution is 5.90. The van der Waals surface area contributed by atoms with Crippen LogP contribution in [-0.2, 0) is 10.8 Å². The minimum Gasteiger partial charge on any atom is -0.310 e. The summed E-state index contributed by atoms with van der Waals surface area (Å²) in [6, 6.07) is 91.9. The first kappa shape index (κ1) is 38.7. The van der Waals surface area contributed by atoms with E-state index in [0.29, 0.717) is 0 Å². The number of hydrogen-bond donors (Lipinski definition) is 0. The average Bonchev–Trinajstić information content (AvgIpc) is 3.67. The molecule has 0 radical (unpaired) electrons. The fraction of sp³-hybridized carbons (Fsp3) is 0.0625. The molecule has 0 fully saturated rings. The van der Waals surface area contributed by atoms with Crippen LogP contribution in [0.25, 0.3) is 55.6 Å². The van der Waals surface area contributed by atoms with Crippen molar-refractivity contribution in [3.05, 3.63) is 282 Å². The number of hydrogen-bond acceptors (Lipinski definition) is 1. The third-order valence-electron chi connectivity index (χ3n) is 14.2. The van der Waals surface area contributed by atoms with Crippen molar-refractivity contribution >= 4 is 17.1 Å². The maximum atomic E-state index is 2.52. The molecule has 0 heterocycles. The first-order valence-electron chi connectivity index (χ1n) is 22.7. The molecule has 10 aromatic rings. The van der Waals surface area contributed by atoms with E-state index in [0.717, 1.165) is 17.1 Å². The predicted molar refractivity (Wildman–Crippen MR) is 272 cm³/mol. The summed E-state index contributed by atoms with van der Waals surface area (Å²) in [4.78, 5) is 2.41. The van der Waals surface area contributed by atoms with Gasteiger partial charge in [-0.3, -0.25) is 0 Å². The lowest BCUT2D eigenvalue weighted by atomic mass is 9.55. The van der Waals surface area contributed by atoms with Crippen molar-refractivity contribution < 1.29 is 0 Å². The summed E-state index contributed by atoms with van der Waals surface area (Å²) >= 11 is 0. The second-order valence-electron chi connectivity index (χ2n) is 18.1. The van der Waals surface area contributed by atoms with Crippen LogP contribution >= 0.6 is 0 Å².